The Bertz CT molecular complexity index is 478. The molecule has 0 amide bonds. The predicted octanol–water partition coefficient (Wildman–Crippen LogP) is 2.80. The maximum absolute atomic E-state index is 12.6. The van der Waals surface area contributed by atoms with E-state index < -0.39 is 53.4 Å². The molecule has 0 aliphatic carbocycles. The number of carbonyl (C=O) groups excluding carboxylic acids is 1. The highest BCUT2D eigenvalue weighted by molar-refractivity contribution is 5.75. The third kappa shape index (κ3) is 3.96. The molecule has 2 N–H and O–H groups in total. The Labute approximate surface area is 135 Å². The van der Waals surface area contributed by atoms with E-state index in [4.69, 9.17) is 5.11 Å². The number of carbonyl (C=O) groups is 1. The molecule has 24 heavy (non-hydrogen) atoms. The number of ether oxygens (including phenoxy) is 1. The molecule has 2 unspecified atom stereocenters. The highest BCUT2D eigenvalue weighted by Gasteiger charge is 2.71. The van der Waals surface area contributed by atoms with Crippen LogP contribution in [0.4, 0.5) is 26.3 Å². The van der Waals surface area contributed by atoms with Crippen molar-refractivity contribution in [2.45, 2.75) is 64.2 Å². The molecule has 0 saturated carbocycles. The summed E-state index contributed by atoms with van der Waals surface area (Å²) in [4.78, 5) is 12.2. The second-order valence-electron chi connectivity index (χ2n) is 7.65. The summed E-state index contributed by atoms with van der Waals surface area (Å²) in [5, 5.41) is 12.0. The van der Waals surface area contributed by atoms with Crippen LogP contribution in [-0.4, -0.2) is 47.2 Å². The zero-order chi connectivity index (χ0) is 19.4. The number of esters is 1. The quantitative estimate of drug-likeness (QED) is 0.457. The monoisotopic (exact) mass is 365 g/mol. The van der Waals surface area contributed by atoms with Crippen LogP contribution in [0.1, 0.15) is 34.6 Å². The molecule has 0 radical (unpaired) electrons. The Morgan fingerprint density at radius 3 is 1.75 bits per heavy atom. The van der Waals surface area contributed by atoms with Crippen molar-refractivity contribution in [2.24, 2.45) is 11.3 Å². The van der Waals surface area contributed by atoms with Gasteiger partial charge in [-0.25, -0.2) is 0 Å². The van der Waals surface area contributed by atoms with Crippen LogP contribution in [0.25, 0.3) is 0 Å². The average molecular weight is 365 g/mol. The molecule has 1 rings (SSSR count). The lowest BCUT2D eigenvalue weighted by Gasteiger charge is -2.34. The number of hydrogen-bond donors (Lipinski definition) is 2. The van der Waals surface area contributed by atoms with Crippen LogP contribution in [-0.2, 0) is 9.53 Å². The lowest BCUT2D eigenvalue weighted by atomic mass is 9.76. The van der Waals surface area contributed by atoms with Gasteiger partial charge in [0.2, 0.25) is 0 Å². The fraction of sp³-hybridized carbons (Fsp3) is 0.929. The van der Waals surface area contributed by atoms with Crippen molar-refractivity contribution in [1.29, 1.82) is 0 Å². The van der Waals surface area contributed by atoms with Gasteiger partial charge in [0.25, 0.3) is 5.60 Å². The minimum absolute atomic E-state index is 0.449. The predicted molar refractivity (Wildman–Crippen MR) is 72.0 cm³/mol. The molecule has 0 spiro atoms. The van der Waals surface area contributed by atoms with Crippen molar-refractivity contribution in [3.05, 3.63) is 0 Å². The molecule has 0 aromatic rings. The normalized spacial score (nSPS) is 22.9. The van der Waals surface area contributed by atoms with Crippen LogP contribution in [0.15, 0.2) is 0 Å². The summed E-state index contributed by atoms with van der Waals surface area (Å²) < 4.78 is 79.9. The van der Waals surface area contributed by atoms with E-state index in [-0.39, 0.29) is 0 Å². The van der Waals surface area contributed by atoms with Crippen molar-refractivity contribution >= 4 is 5.97 Å². The largest absolute Gasteiger partial charge is 0.462 e. The third-order valence-corrected chi connectivity index (χ3v) is 4.10. The van der Waals surface area contributed by atoms with E-state index >= 15 is 0 Å². The minimum atomic E-state index is -6.03. The molecule has 1 aliphatic rings. The molecule has 0 aromatic carbocycles. The van der Waals surface area contributed by atoms with Gasteiger partial charge in [-0.2, -0.15) is 26.3 Å². The summed E-state index contributed by atoms with van der Waals surface area (Å²) in [7, 11) is 0. The molecule has 4 nitrogen and oxygen atoms in total. The Balaban J connectivity index is 2.96. The van der Waals surface area contributed by atoms with Crippen LogP contribution in [0, 0.1) is 11.3 Å². The van der Waals surface area contributed by atoms with Gasteiger partial charge in [0, 0.05) is 11.6 Å². The van der Waals surface area contributed by atoms with Gasteiger partial charge in [0.05, 0.1) is 5.92 Å². The third-order valence-electron chi connectivity index (χ3n) is 4.10. The summed E-state index contributed by atoms with van der Waals surface area (Å²) in [6.45, 7) is 6.10. The van der Waals surface area contributed by atoms with Crippen LogP contribution in [0.2, 0.25) is 0 Å². The maximum Gasteiger partial charge on any atom is 0.429 e. The Hall–Kier alpha value is -1.03. The molecular weight excluding hydrogens is 344 g/mol. The van der Waals surface area contributed by atoms with Gasteiger partial charge in [0.15, 0.2) is 0 Å². The Kier molecular flexibility index (Phi) is 5.04. The van der Waals surface area contributed by atoms with Crippen molar-refractivity contribution in [3.8, 4) is 0 Å². The number of halogens is 6. The molecule has 10 heteroatoms. The molecule has 1 heterocycles. The first-order valence-electron chi connectivity index (χ1n) is 7.15. The van der Waals surface area contributed by atoms with Crippen LogP contribution >= 0.6 is 0 Å². The van der Waals surface area contributed by atoms with E-state index in [2.05, 4.69) is 10.1 Å². The summed E-state index contributed by atoms with van der Waals surface area (Å²) >= 11 is 0. The van der Waals surface area contributed by atoms with Gasteiger partial charge in [-0.15, -0.1) is 0 Å². The van der Waals surface area contributed by atoms with Crippen molar-refractivity contribution in [1.82, 2.24) is 5.32 Å². The number of nitrogens with one attached hydrogen (secondary N) is 1. The summed E-state index contributed by atoms with van der Waals surface area (Å²) in [5.41, 5.74) is -6.36. The SMILES string of the molecule is CC(C)(C)C(C(=O)OCC(O)(C(F)(F)F)C(F)(F)F)C1NC1(C)C. The zero-order valence-electron chi connectivity index (χ0n) is 13.9. The van der Waals surface area contributed by atoms with E-state index in [1.165, 1.54) is 0 Å². The summed E-state index contributed by atoms with van der Waals surface area (Å²) in [6.07, 6.45) is -12.1. The number of rotatable bonds is 4. The minimum Gasteiger partial charge on any atom is -0.462 e. The Morgan fingerprint density at radius 2 is 1.50 bits per heavy atom. The second kappa shape index (κ2) is 5.76. The zero-order valence-corrected chi connectivity index (χ0v) is 13.9. The standard InChI is InChI=1S/C14H21F6NO3/c1-10(2,3)7(8-11(4,5)21-8)9(22)24-6-12(23,13(15,16)17)14(18,19)20/h7-8,21,23H,6H2,1-5H3. The second-order valence-corrected chi connectivity index (χ2v) is 7.65. The lowest BCUT2D eigenvalue weighted by Crippen LogP contribution is -2.60. The van der Waals surface area contributed by atoms with Crippen LogP contribution in [0.3, 0.4) is 0 Å². The van der Waals surface area contributed by atoms with Crippen molar-refractivity contribution < 1.29 is 41.0 Å². The first-order valence-corrected chi connectivity index (χ1v) is 7.15. The molecule has 0 aromatic heterocycles. The highest BCUT2D eigenvalue weighted by Crippen LogP contribution is 2.45. The molecule has 142 valence electrons. The van der Waals surface area contributed by atoms with Gasteiger partial charge in [-0.05, 0) is 19.3 Å². The van der Waals surface area contributed by atoms with Gasteiger partial charge in [-0.1, -0.05) is 20.8 Å². The maximum atomic E-state index is 12.6. The summed E-state index contributed by atoms with van der Waals surface area (Å²) in [5.74, 6) is -2.20. The molecule has 1 aliphatic heterocycles. The summed E-state index contributed by atoms with van der Waals surface area (Å²) in [6, 6.07) is -0.449. The van der Waals surface area contributed by atoms with Crippen molar-refractivity contribution in [2.75, 3.05) is 6.61 Å². The van der Waals surface area contributed by atoms with Gasteiger partial charge >= 0.3 is 18.3 Å². The Morgan fingerprint density at radius 1 is 1.12 bits per heavy atom. The smallest absolute Gasteiger partial charge is 0.429 e. The van der Waals surface area contributed by atoms with Gasteiger partial charge < -0.3 is 15.2 Å². The van der Waals surface area contributed by atoms with E-state index in [9.17, 15) is 31.1 Å². The number of alkyl halides is 6. The topological polar surface area (TPSA) is 68.5 Å². The van der Waals surface area contributed by atoms with Crippen LogP contribution in [0.5, 0.6) is 0 Å². The van der Waals surface area contributed by atoms with E-state index in [1.807, 2.05) is 0 Å². The fourth-order valence-corrected chi connectivity index (χ4v) is 2.44. The fourth-order valence-electron chi connectivity index (χ4n) is 2.44. The molecule has 1 saturated heterocycles. The lowest BCUT2D eigenvalue weighted by molar-refractivity contribution is -0.375. The van der Waals surface area contributed by atoms with E-state index in [0.29, 0.717) is 0 Å². The molecule has 1 fully saturated rings. The van der Waals surface area contributed by atoms with Gasteiger partial charge in [-0.3, -0.25) is 4.79 Å². The molecular formula is C14H21F6NO3. The highest BCUT2D eigenvalue weighted by atomic mass is 19.4. The first-order chi connectivity index (χ1) is 10.3. The average Bonchev–Trinajstić information content (AvgIpc) is 2.89. The molecule has 0 bridgehead atoms. The van der Waals surface area contributed by atoms with Crippen molar-refractivity contribution in [3.63, 3.8) is 0 Å². The molecule has 2 atom stereocenters. The van der Waals surface area contributed by atoms with E-state index in [0.717, 1.165) is 0 Å². The number of hydrogen-bond acceptors (Lipinski definition) is 4. The first kappa shape index (κ1) is 21.0. The van der Waals surface area contributed by atoms with Gasteiger partial charge in [0.1, 0.15) is 6.61 Å². The number of aliphatic hydroxyl groups is 1. The van der Waals surface area contributed by atoms with E-state index in [1.54, 1.807) is 34.6 Å². The van der Waals surface area contributed by atoms with Crippen LogP contribution < -0.4 is 5.32 Å².